The fourth-order valence-corrected chi connectivity index (χ4v) is 1.45. The number of nitro groups is 1. The highest BCUT2D eigenvalue weighted by Crippen LogP contribution is 2.36. The second kappa shape index (κ2) is 5.52. The molecule has 1 aromatic carbocycles. The lowest BCUT2D eigenvalue weighted by atomic mass is 10.0. The third kappa shape index (κ3) is 2.79. The maximum atomic E-state index is 12.6. The third-order valence-corrected chi connectivity index (χ3v) is 2.21. The van der Waals surface area contributed by atoms with Gasteiger partial charge in [0.25, 0.3) is 6.43 Å². The van der Waals surface area contributed by atoms with Crippen molar-refractivity contribution in [3.05, 3.63) is 33.4 Å². The molecule has 0 aromatic heterocycles. The van der Waals surface area contributed by atoms with Crippen LogP contribution < -0.4 is 4.74 Å². The van der Waals surface area contributed by atoms with Gasteiger partial charge in [-0.25, -0.2) is 8.78 Å². The second-order valence-corrected chi connectivity index (χ2v) is 3.46. The predicted molar refractivity (Wildman–Crippen MR) is 59.2 cm³/mol. The van der Waals surface area contributed by atoms with Gasteiger partial charge >= 0.3 is 5.69 Å². The number of nitro benzene ring substituents is 1. The molecule has 18 heavy (non-hydrogen) atoms. The molecule has 1 rings (SSSR count). The van der Waals surface area contributed by atoms with Crippen LogP contribution in [-0.2, 0) is 0 Å². The molecular formula is C11H11F2NO4. The second-order valence-electron chi connectivity index (χ2n) is 3.46. The number of alkyl halides is 2. The van der Waals surface area contributed by atoms with E-state index in [1.54, 1.807) is 6.92 Å². The van der Waals surface area contributed by atoms with Gasteiger partial charge in [0.15, 0.2) is 5.78 Å². The minimum Gasteiger partial charge on any atom is -0.487 e. The summed E-state index contributed by atoms with van der Waals surface area (Å²) in [5.41, 5.74) is -1.41. The molecule has 7 heteroatoms. The first-order valence-corrected chi connectivity index (χ1v) is 5.12. The number of hydrogen-bond donors (Lipinski definition) is 0. The lowest BCUT2D eigenvalue weighted by Crippen LogP contribution is -2.06. The first-order chi connectivity index (χ1) is 8.38. The van der Waals surface area contributed by atoms with Crippen LogP contribution in [0, 0.1) is 10.1 Å². The molecule has 0 spiro atoms. The normalized spacial score (nSPS) is 10.5. The van der Waals surface area contributed by atoms with E-state index in [0.29, 0.717) is 0 Å². The van der Waals surface area contributed by atoms with Crippen LogP contribution in [0.2, 0.25) is 0 Å². The molecule has 0 atom stereocenters. The lowest BCUT2D eigenvalue weighted by molar-refractivity contribution is -0.386. The first-order valence-electron chi connectivity index (χ1n) is 5.12. The summed E-state index contributed by atoms with van der Waals surface area (Å²) >= 11 is 0. The number of carbonyl (C=O) groups excluding carboxylic acids is 1. The highest BCUT2D eigenvalue weighted by Gasteiger charge is 2.25. The first kappa shape index (κ1) is 14.0. The molecule has 0 aliphatic carbocycles. The summed E-state index contributed by atoms with van der Waals surface area (Å²) in [5.74, 6) is -0.830. The summed E-state index contributed by atoms with van der Waals surface area (Å²) in [6, 6.07) is 1.65. The van der Waals surface area contributed by atoms with Crippen LogP contribution in [0.15, 0.2) is 12.1 Å². The standard InChI is InChI=1S/C11H11F2NO4/c1-3-18-10-8(6(2)15)4-7(11(12)13)5-9(10)14(16)17/h4-5,11H,3H2,1-2H3. The number of nitrogens with zero attached hydrogens (tertiary/aromatic N) is 1. The zero-order chi connectivity index (χ0) is 13.9. The van der Waals surface area contributed by atoms with Crippen LogP contribution in [0.25, 0.3) is 0 Å². The Balaban J connectivity index is 3.54. The van der Waals surface area contributed by atoms with Gasteiger partial charge in [0.1, 0.15) is 0 Å². The van der Waals surface area contributed by atoms with Crippen molar-refractivity contribution in [3.63, 3.8) is 0 Å². The van der Waals surface area contributed by atoms with E-state index < -0.39 is 28.4 Å². The van der Waals surface area contributed by atoms with Gasteiger partial charge in [0.05, 0.1) is 17.1 Å². The van der Waals surface area contributed by atoms with Gasteiger partial charge in [-0.15, -0.1) is 0 Å². The average Bonchev–Trinajstić information content (AvgIpc) is 2.28. The Morgan fingerprint density at radius 1 is 1.50 bits per heavy atom. The van der Waals surface area contributed by atoms with Crippen LogP contribution in [0.1, 0.15) is 36.2 Å². The number of halogens is 2. The summed E-state index contributed by atoms with van der Waals surface area (Å²) < 4.78 is 30.2. The number of ketones is 1. The molecule has 0 unspecified atom stereocenters. The van der Waals surface area contributed by atoms with E-state index in [2.05, 4.69) is 0 Å². The van der Waals surface area contributed by atoms with Crippen LogP contribution in [0.4, 0.5) is 14.5 Å². The quantitative estimate of drug-likeness (QED) is 0.462. The molecule has 0 amide bonds. The van der Waals surface area contributed by atoms with Crippen molar-refractivity contribution in [2.75, 3.05) is 6.61 Å². The number of Topliss-reactive ketones (excluding diaryl/α,β-unsaturated/α-hetero) is 1. The van der Waals surface area contributed by atoms with Crippen molar-refractivity contribution in [1.82, 2.24) is 0 Å². The van der Waals surface area contributed by atoms with E-state index in [-0.39, 0.29) is 17.9 Å². The largest absolute Gasteiger partial charge is 0.487 e. The van der Waals surface area contributed by atoms with Crippen LogP contribution in [0.5, 0.6) is 5.75 Å². The maximum absolute atomic E-state index is 12.6. The Morgan fingerprint density at radius 3 is 2.50 bits per heavy atom. The fourth-order valence-electron chi connectivity index (χ4n) is 1.45. The predicted octanol–water partition coefficient (Wildman–Crippen LogP) is 3.13. The molecule has 0 bridgehead atoms. The van der Waals surface area contributed by atoms with Gasteiger partial charge in [-0.2, -0.15) is 0 Å². The Kier molecular flexibility index (Phi) is 4.30. The fraction of sp³-hybridized carbons (Fsp3) is 0.364. The zero-order valence-corrected chi connectivity index (χ0v) is 9.78. The molecule has 0 aliphatic rings. The van der Waals surface area contributed by atoms with E-state index in [4.69, 9.17) is 4.74 Å². The van der Waals surface area contributed by atoms with Gasteiger partial charge in [0.2, 0.25) is 5.75 Å². The topological polar surface area (TPSA) is 69.4 Å². The van der Waals surface area contributed by atoms with Crippen molar-refractivity contribution in [1.29, 1.82) is 0 Å². The average molecular weight is 259 g/mol. The summed E-state index contributed by atoms with van der Waals surface area (Å²) in [5, 5.41) is 10.8. The van der Waals surface area contributed by atoms with Crippen molar-refractivity contribution in [2.45, 2.75) is 20.3 Å². The molecular weight excluding hydrogens is 248 g/mol. The van der Waals surface area contributed by atoms with Crippen molar-refractivity contribution in [2.24, 2.45) is 0 Å². The molecule has 0 N–H and O–H groups in total. The minimum absolute atomic E-state index is 0.0924. The van der Waals surface area contributed by atoms with Crippen molar-refractivity contribution < 1.29 is 23.2 Å². The Hall–Kier alpha value is -2.05. The lowest BCUT2D eigenvalue weighted by Gasteiger charge is -2.10. The van der Waals surface area contributed by atoms with E-state index in [0.717, 1.165) is 19.1 Å². The van der Waals surface area contributed by atoms with E-state index in [1.165, 1.54) is 0 Å². The number of ether oxygens (including phenoxy) is 1. The maximum Gasteiger partial charge on any atom is 0.312 e. The number of rotatable bonds is 5. The molecule has 98 valence electrons. The van der Waals surface area contributed by atoms with E-state index >= 15 is 0 Å². The zero-order valence-electron chi connectivity index (χ0n) is 9.78. The third-order valence-electron chi connectivity index (χ3n) is 2.21. The summed E-state index contributed by atoms with van der Waals surface area (Å²) in [6.45, 7) is 2.81. The monoisotopic (exact) mass is 259 g/mol. The van der Waals surface area contributed by atoms with Crippen LogP contribution >= 0.6 is 0 Å². The molecule has 0 aliphatic heterocycles. The highest BCUT2D eigenvalue weighted by atomic mass is 19.3. The minimum atomic E-state index is -2.89. The SMILES string of the molecule is CCOc1c(C(C)=O)cc(C(F)F)cc1[N+](=O)[O-]. The van der Waals surface area contributed by atoms with Gasteiger partial charge in [0, 0.05) is 11.6 Å². The molecule has 0 saturated carbocycles. The molecule has 0 radical (unpaired) electrons. The van der Waals surface area contributed by atoms with Gasteiger partial charge in [-0.3, -0.25) is 14.9 Å². The van der Waals surface area contributed by atoms with Crippen LogP contribution in [-0.4, -0.2) is 17.3 Å². The number of hydrogen-bond acceptors (Lipinski definition) is 4. The Morgan fingerprint density at radius 2 is 2.11 bits per heavy atom. The molecule has 0 fully saturated rings. The highest BCUT2D eigenvalue weighted by molar-refractivity contribution is 5.98. The van der Waals surface area contributed by atoms with Gasteiger partial charge in [-0.1, -0.05) is 0 Å². The van der Waals surface area contributed by atoms with Crippen LogP contribution in [0.3, 0.4) is 0 Å². The van der Waals surface area contributed by atoms with Crippen molar-refractivity contribution >= 4 is 11.5 Å². The summed E-state index contributed by atoms with van der Waals surface area (Å²) in [7, 11) is 0. The van der Waals surface area contributed by atoms with Crippen molar-refractivity contribution in [3.8, 4) is 5.75 Å². The summed E-state index contributed by atoms with van der Waals surface area (Å²) in [6.07, 6.45) is -2.89. The van der Waals surface area contributed by atoms with E-state index in [1.807, 2.05) is 0 Å². The van der Waals surface area contributed by atoms with Gasteiger partial charge < -0.3 is 4.74 Å². The Labute approximate surface area is 102 Å². The Bertz CT molecular complexity index is 453. The molecule has 0 saturated heterocycles. The summed E-state index contributed by atoms with van der Waals surface area (Å²) in [4.78, 5) is 21.3. The van der Waals surface area contributed by atoms with E-state index in [9.17, 15) is 23.7 Å². The number of carbonyl (C=O) groups is 1. The molecule has 1 aromatic rings. The molecule has 0 heterocycles. The van der Waals surface area contributed by atoms with Gasteiger partial charge in [-0.05, 0) is 19.9 Å². The molecule has 5 nitrogen and oxygen atoms in total. The number of benzene rings is 1. The smallest absolute Gasteiger partial charge is 0.312 e.